The van der Waals surface area contributed by atoms with E-state index in [1.54, 1.807) is 13.0 Å². The zero-order valence-electron chi connectivity index (χ0n) is 11.4. The maximum absolute atomic E-state index is 12.4. The third-order valence-corrected chi connectivity index (χ3v) is 5.78. The van der Waals surface area contributed by atoms with Gasteiger partial charge >= 0.3 is 0 Å². The van der Waals surface area contributed by atoms with Gasteiger partial charge in [0, 0.05) is 16.7 Å². The molecule has 1 unspecified atom stereocenters. The number of anilines is 1. The van der Waals surface area contributed by atoms with Crippen molar-refractivity contribution in [1.29, 1.82) is 0 Å². The topological polar surface area (TPSA) is 72.2 Å². The maximum Gasteiger partial charge on any atom is 0.240 e. The third kappa shape index (κ3) is 3.62. The largest absolute Gasteiger partial charge is 0.398 e. The lowest BCUT2D eigenvalue weighted by molar-refractivity contribution is 0.468. The second-order valence-corrected chi connectivity index (χ2v) is 7.73. The van der Waals surface area contributed by atoms with Crippen molar-refractivity contribution >= 4 is 31.6 Å². The maximum atomic E-state index is 12.4. The lowest BCUT2D eigenvalue weighted by Gasteiger charge is -2.19. The first kappa shape index (κ1) is 15.5. The third-order valence-electron chi connectivity index (χ3n) is 3.52. The second kappa shape index (κ2) is 6.28. The van der Waals surface area contributed by atoms with Crippen LogP contribution in [0.5, 0.6) is 0 Å². The zero-order valence-corrected chi connectivity index (χ0v) is 13.8. The molecular formula is C14H19BrN2O2S. The summed E-state index contributed by atoms with van der Waals surface area (Å²) in [5.74, 6) is 0.378. The number of aryl methyl sites for hydroxylation is 1. The fourth-order valence-corrected chi connectivity index (χ4v) is 4.14. The molecule has 3 N–H and O–H groups in total. The number of nitrogens with two attached hydrogens (primary N) is 1. The van der Waals surface area contributed by atoms with Gasteiger partial charge in [-0.05, 0) is 65.7 Å². The lowest BCUT2D eigenvalue weighted by atomic mass is 9.95. The van der Waals surface area contributed by atoms with Crippen LogP contribution in [0.25, 0.3) is 0 Å². The Bertz CT molecular complexity index is 626. The molecule has 0 fully saturated rings. The molecule has 6 heteroatoms. The molecule has 0 amide bonds. The SMILES string of the molecule is Cc1cc(Br)c(N)cc1S(=O)(=O)NCC1CC=CCC1. The van der Waals surface area contributed by atoms with E-state index >= 15 is 0 Å². The number of halogens is 1. The van der Waals surface area contributed by atoms with Gasteiger partial charge in [0.1, 0.15) is 0 Å². The highest BCUT2D eigenvalue weighted by atomic mass is 79.9. The van der Waals surface area contributed by atoms with E-state index in [9.17, 15) is 8.42 Å². The van der Waals surface area contributed by atoms with Crippen LogP contribution in [0.4, 0.5) is 5.69 Å². The minimum absolute atomic E-state index is 0.254. The quantitative estimate of drug-likeness (QED) is 0.641. The van der Waals surface area contributed by atoms with E-state index in [0.29, 0.717) is 28.2 Å². The Hall–Kier alpha value is -0.850. The van der Waals surface area contributed by atoms with Crippen LogP contribution in [-0.4, -0.2) is 15.0 Å². The van der Waals surface area contributed by atoms with Gasteiger partial charge in [-0.25, -0.2) is 13.1 Å². The summed E-state index contributed by atoms with van der Waals surface area (Å²) in [5.41, 5.74) is 6.89. The Labute approximate surface area is 128 Å². The van der Waals surface area contributed by atoms with Crippen LogP contribution < -0.4 is 10.5 Å². The van der Waals surface area contributed by atoms with E-state index in [0.717, 1.165) is 19.3 Å². The molecule has 0 bridgehead atoms. The van der Waals surface area contributed by atoms with E-state index in [4.69, 9.17) is 5.73 Å². The van der Waals surface area contributed by atoms with Crippen molar-refractivity contribution in [2.75, 3.05) is 12.3 Å². The summed E-state index contributed by atoms with van der Waals surface area (Å²) in [6.07, 6.45) is 7.25. The van der Waals surface area contributed by atoms with Crippen molar-refractivity contribution in [3.05, 3.63) is 34.3 Å². The van der Waals surface area contributed by atoms with Gasteiger partial charge in [0.25, 0.3) is 0 Å². The highest BCUT2D eigenvalue weighted by molar-refractivity contribution is 9.10. The van der Waals surface area contributed by atoms with E-state index in [-0.39, 0.29) is 4.90 Å². The van der Waals surface area contributed by atoms with Crippen LogP contribution in [0.1, 0.15) is 24.8 Å². The number of nitrogens with one attached hydrogen (secondary N) is 1. The minimum atomic E-state index is -3.50. The molecule has 0 radical (unpaired) electrons. The minimum Gasteiger partial charge on any atom is -0.398 e. The Kier molecular flexibility index (Phi) is 4.88. The standard InChI is InChI=1S/C14H19BrN2O2S/c1-10-7-12(15)13(16)8-14(10)20(18,19)17-9-11-5-3-2-4-6-11/h2-3,7-8,11,17H,4-6,9,16H2,1H3. The van der Waals surface area contributed by atoms with Crippen molar-refractivity contribution in [3.8, 4) is 0 Å². The van der Waals surface area contributed by atoms with Crippen molar-refractivity contribution in [1.82, 2.24) is 4.72 Å². The van der Waals surface area contributed by atoms with Gasteiger partial charge in [0.05, 0.1) is 4.90 Å². The van der Waals surface area contributed by atoms with Gasteiger partial charge in [0.15, 0.2) is 0 Å². The molecule has 0 aromatic heterocycles. The second-order valence-electron chi connectivity index (χ2n) is 5.14. The van der Waals surface area contributed by atoms with Gasteiger partial charge in [-0.15, -0.1) is 0 Å². The Morgan fingerprint density at radius 3 is 2.80 bits per heavy atom. The first-order chi connectivity index (χ1) is 9.40. The molecule has 1 atom stereocenters. The molecule has 1 aliphatic carbocycles. The van der Waals surface area contributed by atoms with E-state index in [2.05, 4.69) is 32.8 Å². The van der Waals surface area contributed by atoms with Gasteiger partial charge < -0.3 is 5.73 Å². The summed E-state index contributed by atoms with van der Waals surface area (Å²) >= 11 is 3.30. The van der Waals surface area contributed by atoms with Crippen LogP contribution >= 0.6 is 15.9 Å². The predicted molar refractivity (Wildman–Crippen MR) is 85.0 cm³/mol. The van der Waals surface area contributed by atoms with E-state index < -0.39 is 10.0 Å². The van der Waals surface area contributed by atoms with Crippen LogP contribution in [0.15, 0.2) is 33.7 Å². The smallest absolute Gasteiger partial charge is 0.240 e. The number of hydrogen-bond donors (Lipinski definition) is 2. The highest BCUT2D eigenvalue weighted by Crippen LogP contribution is 2.27. The number of sulfonamides is 1. The Morgan fingerprint density at radius 2 is 2.15 bits per heavy atom. The highest BCUT2D eigenvalue weighted by Gasteiger charge is 2.20. The normalized spacial score (nSPS) is 19.2. The number of hydrogen-bond acceptors (Lipinski definition) is 3. The molecule has 1 aliphatic rings. The number of rotatable bonds is 4. The molecule has 4 nitrogen and oxygen atoms in total. The van der Waals surface area contributed by atoms with Crippen molar-refractivity contribution in [3.63, 3.8) is 0 Å². The summed E-state index contributed by atoms with van der Waals surface area (Å²) in [7, 11) is -3.50. The first-order valence-corrected chi connectivity index (χ1v) is 8.88. The van der Waals surface area contributed by atoms with Crippen LogP contribution in [0.3, 0.4) is 0 Å². The first-order valence-electron chi connectivity index (χ1n) is 6.60. The van der Waals surface area contributed by atoms with Crippen LogP contribution in [0.2, 0.25) is 0 Å². The molecule has 110 valence electrons. The van der Waals surface area contributed by atoms with Crippen molar-refractivity contribution in [2.45, 2.75) is 31.1 Å². The molecule has 0 heterocycles. The average Bonchev–Trinajstić information content (AvgIpc) is 2.42. The van der Waals surface area contributed by atoms with Crippen molar-refractivity contribution < 1.29 is 8.42 Å². The van der Waals surface area contributed by atoms with Gasteiger partial charge in [-0.3, -0.25) is 0 Å². The Morgan fingerprint density at radius 1 is 1.40 bits per heavy atom. The zero-order chi connectivity index (χ0) is 14.8. The number of allylic oxidation sites excluding steroid dienone is 2. The fourth-order valence-electron chi connectivity index (χ4n) is 2.31. The number of nitrogen functional groups attached to an aromatic ring is 1. The molecule has 0 saturated heterocycles. The molecule has 1 aromatic rings. The average molecular weight is 359 g/mol. The molecule has 1 aromatic carbocycles. The van der Waals surface area contributed by atoms with Crippen molar-refractivity contribution in [2.24, 2.45) is 5.92 Å². The monoisotopic (exact) mass is 358 g/mol. The summed E-state index contributed by atoms with van der Waals surface area (Å²) in [6.45, 7) is 2.24. The summed E-state index contributed by atoms with van der Waals surface area (Å²) in [4.78, 5) is 0.254. The van der Waals surface area contributed by atoms with Crippen LogP contribution in [0, 0.1) is 12.8 Å². The van der Waals surface area contributed by atoms with E-state index in [1.807, 2.05) is 0 Å². The van der Waals surface area contributed by atoms with Gasteiger partial charge in [0.2, 0.25) is 10.0 Å². The van der Waals surface area contributed by atoms with Crippen LogP contribution in [-0.2, 0) is 10.0 Å². The van der Waals surface area contributed by atoms with E-state index in [1.165, 1.54) is 6.07 Å². The summed E-state index contributed by atoms with van der Waals surface area (Å²) in [6, 6.07) is 3.23. The number of benzene rings is 1. The predicted octanol–water partition coefficient (Wildman–Crippen LogP) is 2.97. The summed E-state index contributed by atoms with van der Waals surface area (Å²) < 4.78 is 28.1. The Balaban J connectivity index is 2.14. The molecular weight excluding hydrogens is 340 g/mol. The summed E-state index contributed by atoms with van der Waals surface area (Å²) in [5, 5.41) is 0. The molecule has 0 saturated carbocycles. The molecule has 2 rings (SSSR count). The fraction of sp³-hybridized carbons (Fsp3) is 0.429. The molecule has 0 spiro atoms. The lowest BCUT2D eigenvalue weighted by Crippen LogP contribution is -2.30. The molecule has 20 heavy (non-hydrogen) atoms. The van der Waals surface area contributed by atoms with Gasteiger partial charge in [-0.2, -0.15) is 0 Å². The molecule has 0 aliphatic heterocycles. The van der Waals surface area contributed by atoms with Gasteiger partial charge in [-0.1, -0.05) is 12.2 Å².